The van der Waals surface area contributed by atoms with Crippen LogP contribution in [0.4, 0.5) is 0 Å². The molecule has 0 bridgehead atoms. The monoisotopic (exact) mass is 101 g/mol. The van der Waals surface area contributed by atoms with Gasteiger partial charge in [-0.25, -0.2) is 0 Å². The maximum atomic E-state index is 7.00. The van der Waals surface area contributed by atoms with E-state index in [4.69, 9.17) is 15.6 Å². The van der Waals surface area contributed by atoms with Crippen LogP contribution >= 0.6 is 12.4 Å². The minimum atomic E-state index is -1.00. The molecule has 34 valence electrons. The predicted molar refractivity (Wildman–Crippen MR) is 14.4 cm³/mol. The zero-order valence-electron chi connectivity index (χ0n) is 2.20. The standard InChI is InChI=1S/ClH.H3NO3/c;2-1(3)4/h1H;2-4H. The first-order chi connectivity index (χ1) is 1.73. The van der Waals surface area contributed by atoms with Gasteiger partial charge in [0.2, 0.25) is 0 Å². The fourth-order valence-electron chi connectivity index (χ4n) is 0. The van der Waals surface area contributed by atoms with E-state index in [1.165, 1.54) is 0 Å². The topological polar surface area (TPSA) is 63.9 Å². The van der Waals surface area contributed by atoms with Crippen LogP contribution < -0.4 is 0 Å². The van der Waals surface area contributed by atoms with Crippen molar-refractivity contribution >= 4 is 12.4 Å². The summed E-state index contributed by atoms with van der Waals surface area (Å²) in [5.74, 6) is 0. The second-order valence-corrected chi connectivity index (χ2v) is 0.268. The van der Waals surface area contributed by atoms with Gasteiger partial charge in [0.15, 0.2) is 0 Å². The molecule has 0 aliphatic rings. The Balaban J connectivity index is 0. The zero-order valence-corrected chi connectivity index (χ0v) is 3.01. The van der Waals surface area contributed by atoms with Gasteiger partial charge in [-0.3, -0.25) is 15.6 Å². The third-order valence-electron chi connectivity index (χ3n) is 0. The Morgan fingerprint density at radius 2 is 1.00 bits per heavy atom. The lowest BCUT2D eigenvalue weighted by atomic mass is 13.0. The summed E-state index contributed by atoms with van der Waals surface area (Å²) in [6.07, 6.45) is 0. The Bertz CT molecular complexity index is 11.6. The molecule has 0 aromatic heterocycles. The average molecular weight is 101 g/mol. The Kier molecular flexibility index (Phi) is 7.38. The Hall–Kier alpha value is 0.130. The quantitative estimate of drug-likeness (QED) is 0.372. The van der Waals surface area contributed by atoms with Crippen LogP contribution in [0.1, 0.15) is 0 Å². The van der Waals surface area contributed by atoms with Gasteiger partial charge in [-0.05, 0) is 0 Å². The highest BCUT2D eigenvalue weighted by Crippen LogP contribution is 1.43. The Morgan fingerprint density at radius 3 is 1.00 bits per heavy atom. The van der Waals surface area contributed by atoms with Gasteiger partial charge in [0.05, 0.1) is 5.39 Å². The van der Waals surface area contributed by atoms with Crippen molar-refractivity contribution in [2.24, 2.45) is 0 Å². The average Bonchev–Trinajstić information content (AvgIpc) is 0.811. The van der Waals surface area contributed by atoms with E-state index in [0.717, 1.165) is 0 Å². The molecule has 0 aliphatic heterocycles. The van der Waals surface area contributed by atoms with E-state index >= 15 is 0 Å². The number of hydrogen-bond donors (Lipinski definition) is 3. The third kappa shape index (κ3) is 1110. The fourth-order valence-corrected chi connectivity index (χ4v) is 0. The van der Waals surface area contributed by atoms with Crippen LogP contribution in [0.5, 0.6) is 0 Å². The van der Waals surface area contributed by atoms with Gasteiger partial charge < -0.3 is 0 Å². The summed E-state index contributed by atoms with van der Waals surface area (Å²) in [7, 11) is 0. The molecule has 3 N–H and O–H groups in total. The summed E-state index contributed by atoms with van der Waals surface area (Å²) < 4.78 is 0. The van der Waals surface area contributed by atoms with Gasteiger partial charge >= 0.3 is 0 Å². The summed E-state index contributed by atoms with van der Waals surface area (Å²) in [4.78, 5) is 0. The third-order valence-corrected chi connectivity index (χ3v) is 0. The van der Waals surface area contributed by atoms with E-state index in [2.05, 4.69) is 0 Å². The molecule has 0 spiro atoms. The van der Waals surface area contributed by atoms with Gasteiger partial charge in [-0.1, -0.05) is 0 Å². The summed E-state index contributed by atoms with van der Waals surface area (Å²) in [6, 6.07) is 0. The van der Waals surface area contributed by atoms with E-state index in [1.54, 1.807) is 0 Å². The first-order valence-corrected chi connectivity index (χ1v) is 0.600. The van der Waals surface area contributed by atoms with Crippen LogP contribution in [0.25, 0.3) is 0 Å². The van der Waals surface area contributed by atoms with Crippen molar-refractivity contribution in [3.05, 3.63) is 0 Å². The number of rotatable bonds is 0. The number of hydrogen-bond acceptors (Lipinski definition) is 4. The summed E-state index contributed by atoms with van der Waals surface area (Å²) in [6.45, 7) is 0. The molecule has 4 nitrogen and oxygen atoms in total. The van der Waals surface area contributed by atoms with E-state index in [1.807, 2.05) is 0 Å². The molecular weight excluding hydrogens is 97.5 g/mol. The minimum absolute atomic E-state index is 0. The van der Waals surface area contributed by atoms with Gasteiger partial charge in [-0.2, -0.15) is 0 Å². The molecule has 0 aromatic rings. The first kappa shape index (κ1) is 8.93. The van der Waals surface area contributed by atoms with E-state index in [0.29, 0.717) is 0 Å². The van der Waals surface area contributed by atoms with Crippen LogP contribution in [-0.4, -0.2) is 21.0 Å². The number of nitrogens with zero attached hydrogens (tertiary/aromatic N) is 1. The van der Waals surface area contributed by atoms with Crippen molar-refractivity contribution in [3.8, 4) is 0 Å². The van der Waals surface area contributed by atoms with Crippen molar-refractivity contribution in [2.75, 3.05) is 0 Å². The lowest BCUT2D eigenvalue weighted by molar-refractivity contribution is -0.472. The van der Waals surface area contributed by atoms with Crippen LogP contribution in [0.2, 0.25) is 0 Å². The van der Waals surface area contributed by atoms with Crippen LogP contribution in [-0.2, 0) is 0 Å². The SMILES string of the molecule is Cl.ON(O)O. The molecule has 0 rings (SSSR count). The number of halogens is 1. The van der Waals surface area contributed by atoms with Crippen molar-refractivity contribution in [3.63, 3.8) is 0 Å². The van der Waals surface area contributed by atoms with Gasteiger partial charge in [0.25, 0.3) is 0 Å². The smallest absolute Gasteiger partial charge is 0.0685 e. The normalized spacial score (nSPS) is 7.20. The first-order valence-electron chi connectivity index (χ1n) is 0.600. The largest absolute Gasteiger partial charge is 0.266 e. The van der Waals surface area contributed by atoms with E-state index in [-0.39, 0.29) is 12.4 Å². The van der Waals surface area contributed by atoms with Gasteiger partial charge in [0, 0.05) is 0 Å². The van der Waals surface area contributed by atoms with Crippen LogP contribution in [0.15, 0.2) is 0 Å². The zero-order chi connectivity index (χ0) is 3.58. The molecule has 0 radical (unpaired) electrons. The van der Waals surface area contributed by atoms with Crippen molar-refractivity contribution in [1.82, 2.24) is 5.39 Å². The Labute approximate surface area is 34.5 Å². The molecule has 0 aliphatic carbocycles. The van der Waals surface area contributed by atoms with Crippen molar-refractivity contribution < 1.29 is 15.6 Å². The maximum Gasteiger partial charge on any atom is 0.0685 e. The second-order valence-electron chi connectivity index (χ2n) is 0.268. The van der Waals surface area contributed by atoms with Gasteiger partial charge in [0.1, 0.15) is 0 Å². The molecule has 0 unspecified atom stereocenters. The highest BCUT2D eigenvalue weighted by atomic mass is 35.5. The fraction of sp³-hybridized carbons (Fsp3) is 0. The van der Waals surface area contributed by atoms with Gasteiger partial charge in [-0.15, -0.1) is 12.4 Å². The summed E-state index contributed by atoms with van der Waals surface area (Å²) in [5.41, 5.74) is 0. The highest BCUT2D eigenvalue weighted by Gasteiger charge is 1.64. The van der Waals surface area contributed by atoms with Crippen molar-refractivity contribution in [2.45, 2.75) is 0 Å². The maximum absolute atomic E-state index is 7.00. The second kappa shape index (κ2) is 4.13. The van der Waals surface area contributed by atoms with Crippen molar-refractivity contribution in [1.29, 1.82) is 0 Å². The van der Waals surface area contributed by atoms with E-state index in [9.17, 15) is 0 Å². The van der Waals surface area contributed by atoms with Crippen LogP contribution in [0, 0.1) is 0 Å². The molecule has 5 heavy (non-hydrogen) atoms. The van der Waals surface area contributed by atoms with Crippen LogP contribution in [0.3, 0.4) is 0 Å². The molecule has 0 amide bonds. The Morgan fingerprint density at radius 1 is 1.00 bits per heavy atom. The summed E-state index contributed by atoms with van der Waals surface area (Å²) >= 11 is 0. The molecule has 0 saturated carbocycles. The lowest BCUT2D eigenvalue weighted by Gasteiger charge is -1.84. The molecule has 0 heterocycles. The molecule has 0 saturated heterocycles. The minimum Gasteiger partial charge on any atom is -0.266 e. The molecule has 0 aromatic carbocycles. The molecule has 5 heteroatoms. The highest BCUT2D eigenvalue weighted by molar-refractivity contribution is 5.85. The van der Waals surface area contributed by atoms with E-state index < -0.39 is 5.39 Å². The molecule has 0 atom stereocenters. The predicted octanol–water partition coefficient (Wildman–Crippen LogP) is -0.122. The molecule has 0 fully saturated rings. The lowest BCUT2D eigenvalue weighted by Crippen LogP contribution is -2.04. The molecular formula is H4ClNO3. The summed E-state index contributed by atoms with van der Waals surface area (Å²) in [5, 5.41) is 20.0.